The van der Waals surface area contributed by atoms with E-state index < -0.39 is 5.41 Å². The standard InChI is InChI=1S/C63H43N/c1-4-19-46(20-5-1)52-26-12-13-27-53(52)47-37-35-44(36-38-47)45-39-41-51(42-40-45)64(61-43-48-21-10-11-28-54(48)55-29-14-15-30-56(55)61)60-34-18-33-59-62(60)57-31-16-17-32-58(57)63(59,49-22-6-2-7-23-49)50-24-8-3-9-25-50/h1-43H. The van der Waals surface area contributed by atoms with Crippen molar-refractivity contribution in [3.63, 3.8) is 0 Å². The van der Waals surface area contributed by atoms with E-state index in [0.29, 0.717) is 0 Å². The highest BCUT2D eigenvalue weighted by molar-refractivity contribution is 6.15. The third-order valence-electron chi connectivity index (χ3n) is 13.4. The summed E-state index contributed by atoms with van der Waals surface area (Å²) in [6, 6.07) is 95.8. The number of rotatable bonds is 8. The third-order valence-corrected chi connectivity index (χ3v) is 13.4. The van der Waals surface area contributed by atoms with Crippen molar-refractivity contribution in [3.8, 4) is 44.5 Å². The first-order chi connectivity index (χ1) is 31.8. The van der Waals surface area contributed by atoms with E-state index in [1.165, 1.54) is 88.3 Å². The molecule has 1 aliphatic rings. The molecule has 12 rings (SSSR count). The molecule has 0 fully saturated rings. The van der Waals surface area contributed by atoms with Gasteiger partial charge in [-0.15, -0.1) is 0 Å². The van der Waals surface area contributed by atoms with Crippen LogP contribution in [0.15, 0.2) is 261 Å². The lowest BCUT2D eigenvalue weighted by Crippen LogP contribution is -2.28. The van der Waals surface area contributed by atoms with Crippen molar-refractivity contribution in [2.45, 2.75) is 5.41 Å². The van der Waals surface area contributed by atoms with Crippen LogP contribution in [0.3, 0.4) is 0 Å². The van der Waals surface area contributed by atoms with Crippen LogP contribution >= 0.6 is 0 Å². The average Bonchev–Trinajstić information content (AvgIpc) is 3.69. The van der Waals surface area contributed by atoms with Crippen molar-refractivity contribution in [1.82, 2.24) is 0 Å². The van der Waals surface area contributed by atoms with Crippen LogP contribution in [0.1, 0.15) is 22.3 Å². The zero-order valence-corrected chi connectivity index (χ0v) is 35.3. The van der Waals surface area contributed by atoms with Crippen LogP contribution in [0, 0.1) is 0 Å². The Morgan fingerprint density at radius 1 is 0.281 bits per heavy atom. The lowest BCUT2D eigenvalue weighted by molar-refractivity contribution is 0.768. The number of benzene rings is 11. The van der Waals surface area contributed by atoms with Crippen molar-refractivity contribution < 1.29 is 0 Å². The van der Waals surface area contributed by atoms with E-state index in [4.69, 9.17) is 0 Å². The molecular formula is C63H43N. The first-order valence-corrected chi connectivity index (χ1v) is 22.2. The maximum absolute atomic E-state index is 2.52. The molecule has 300 valence electrons. The highest BCUT2D eigenvalue weighted by atomic mass is 15.1. The van der Waals surface area contributed by atoms with Gasteiger partial charge in [0.05, 0.1) is 16.8 Å². The summed E-state index contributed by atoms with van der Waals surface area (Å²) in [6.07, 6.45) is 0. The molecule has 0 aromatic heterocycles. The van der Waals surface area contributed by atoms with Crippen molar-refractivity contribution in [2.75, 3.05) is 4.90 Å². The van der Waals surface area contributed by atoms with E-state index in [1.807, 2.05) is 0 Å². The Morgan fingerprint density at radius 2 is 0.750 bits per heavy atom. The molecule has 0 radical (unpaired) electrons. The SMILES string of the molecule is c1ccc(-c2ccccc2-c2ccc(-c3ccc(N(c4cccc5c4-c4ccccc4C5(c4ccccc4)c4ccccc4)c4cc5ccccc5c5ccccc45)cc3)cc2)cc1. The predicted molar refractivity (Wildman–Crippen MR) is 270 cm³/mol. The van der Waals surface area contributed by atoms with Gasteiger partial charge >= 0.3 is 0 Å². The largest absolute Gasteiger partial charge is 0.309 e. The molecule has 11 aromatic rings. The number of anilines is 3. The monoisotopic (exact) mass is 813 g/mol. The zero-order valence-electron chi connectivity index (χ0n) is 35.3. The van der Waals surface area contributed by atoms with Crippen molar-refractivity contribution >= 4 is 38.6 Å². The van der Waals surface area contributed by atoms with E-state index in [1.54, 1.807) is 0 Å². The highest BCUT2D eigenvalue weighted by Crippen LogP contribution is 2.60. The van der Waals surface area contributed by atoms with Gasteiger partial charge in [0.25, 0.3) is 0 Å². The first kappa shape index (κ1) is 37.5. The summed E-state index contributed by atoms with van der Waals surface area (Å²) in [5.74, 6) is 0. The third kappa shape index (κ3) is 6.01. The molecule has 1 nitrogen and oxygen atoms in total. The van der Waals surface area contributed by atoms with Gasteiger partial charge in [0.1, 0.15) is 0 Å². The predicted octanol–water partition coefficient (Wildman–Crippen LogP) is 16.8. The lowest BCUT2D eigenvalue weighted by Gasteiger charge is -2.34. The van der Waals surface area contributed by atoms with Crippen LogP contribution in [0.25, 0.3) is 66.1 Å². The van der Waals surface area contributed by atoms with Crippen LogP contribution in [-0.4, -0.2) is 0 Å². The van der Waals surface area contributed by atoms with Crippen LogP contribution in [-0.2, 0) is 5.41 Å². The van der Waals surface area contributed by atoms with Gasteiger partial charge in [-0.25, -0.2) is 0 Å². The number of nitrogens with zero attached hydrogens (tertiary/aromatic N) is 1. The molecule has 11 aromatic carbocycles. The molecular weight excluding hydrogens is 771 g/mol. The summed E-state index contributed by atoms with van der Waals surface area (Å²) in [5, 5.41) is 4.91. The van der Waals surface area contributed by atoms with Gasteiger partial charge in [-0.3, -0.25) is 0 Å². The molecule has 0 heterocycles. The van der Waals surface area contributed by atoms with Gasteiger partial charge in [-0.2, -0.15) is 0 Å². The summed E-state index contributed by atoms with van der Waals surface area (Å²) in [4.78, 5) is 2.52. The lowest BCUT2D eigenvalue weighted by atomic mass is 9.68. The van der Waals surface area contributed by atoms with E-state index in [-0.39, 0.29) is 0 Å². The molecule has 0 atom stereocenters. The Hall–Kier alpha value is -8.26. The molecule has 0 saturated heterocycles. The summed E-state index contributed by atoms with van der Waals surface area (Å²) in [6.45, 7) is 0. The fourth-order valence-electron chi connectivity index (χ4n) is 10.5. The Bertz CT molecular complexity index is 3420. The van der Waals surface area contributed by atoms with Crippen LogP contribution in [0.5, 0.6) is 0 Å². The van der Waals surface area contributed by atoms with Crippen molar-refractivity contribution in [1.29, 1.82) is 0 Å². The minimum absolute atomic E-state index is 0.515. The Kier molecular flexibility index (Phi) is 9.13. The van der Waals surface area contributed by atoms with Gasteiger partial charge in [-0.1, -0.05) is 237 Å². The van der Waals surface area contributed by atoms with Gasteiger partial charge in [0, 0.05) is 16.6 Å². The Labute approximate surface area is 374 Å². The van der Waals surface area contributed by atoms with Gasteiger partial charge in [-0.05, 0) is 102 Å². The second kappa shape index (κ2) is 15.6. The quantitative estimate of drug-likeness (QED) is 0.138. The normalized spacial score (nSPS) is 12.5. The number of fused-ring (bicyclic) bond motifs is 6. The van der Waals surface area contributed by atoms with Crippen molar-refractivity contribution in [3.05, 3.63) is 283 Å². The molecule has 0 saturated carbocycles. The zero-order chi connectivity index (χ0) is 42.5. The van der Waals surface area contributed by atoms with E-state index in [9.17, 15) is 0 Å². The van der Waals surface area contributed by atoms with Crippen molar-refractivity contribution in [2.24, 2.45) is 0 Å². The second-order valence-corrected chi connectivity index (χ2v) is 16.8. The molecule has 1 aliphatic carbocycles. The first-order valence-electron chi connectivity index (χ1n) is 22.2. The fraction of sp³-hybridized carbons (Fsp3) is 0.0159. The topological polar surface area (TPSA) is 3.24 Å². The molecule has 0 unspecified atom stereocenters. The number of hydrogen-bond acceptors (Lipinski definition) is 1. The number of hydrogen-bond donors (Lipinski definition) is 0. The van der Waals surface area contributed by atoms with Crippen LogP contribution in [0.4, 0.5) is 17.1 Å². The Balaban J connectivity index is 1.05. The highest BCUT2D eigenvalue weighted by Gasteiger charge is 2.47. The molecule has 0 spiro atoms. The second-order valence-electron chi connectivity index (χ2n) is 16.8. The minimum Gasteiger partial charge on any atom is -0.309 e. The van der Waals surface area contributed by atoms with Gasteiger partial charge in [0.15, 0.2) is 0 Å². The summed E-state index contributed by atoms with van der Waals surface area (Å²) < 4.78 is 0. The summed E-state index contributed by atoms with van der Waals surface area (Å²) in [7, 11) is 0. The summed E-state index contributed by atoms with van der Waals surface area (Å²) in [5.41, 5.74) is 17.7. The Morgan fingerprint density at radius 3 is 1.41 bits per heavy atom. The van der Waals surface area contributed by atoms with E-state index in [2.05, 4.69) is 266 Å². The smallest absolute Gasteiger partial charge is 0.0714 e. The molecule has 0 amide bonds. The van der Waals surface area contributed by atoms with Gasteiger partial charge < -0.3 is 4.90 Å². The minimum atomic E-state index is -0.515. The van der Waals surface area contributed by atoms with Crippen LogP contribution in [0.2, 0.25) is 0 Å². The van der Waals surface area contributed by atoms with E-state index in [0.717, 1.165) is 17.1 Å². The molecule has 0 bridgehead atoms. The van der Waals surface area contributed by atoms with Crippen LogP contribution < -0.4 is 4.90 Å². The molecule has 0 N–H and O–H groups in total. The van der Waals surface area contributed by atoms with Gasteiger partial charge in [0.2, 0.25) is 0 Å². The maximum atomic E-state index is 2.52. The van der Waals surface area contributed by atoms with E-state index >= 15 is 0 Å². The fourth-order valence-corrected chi connectivity index (χ4v) is 10.5. The summed E-state index contributed by atoms with van der Waals surface area (Å²) >= 11 is 0. The maximum Gasteiger partial charge on any atom is 0.0714 e. The molecule has 0 aliphatic heterocycles. The molecule has 1 heteroatoms. The molecule has 64 heavy (non-hydrogen) atoms. The average molecular weight is 814 g/mol.